The van der Waals surface area contributed by atoms with Crippen LogP contribution in [0.5, 0.6) is 0 Å². The lowest BCUT2D eigenvalue weighted by atomic mass is 9.74. The van der Waals surface area contributed by atoms with Crippen molar-refractivity contribution in [1.82, 2.24) is 0 Å². The summed E-state index contributed by atoms with van der Waals surface area (Å²) in [5.41, 5.74) is 29.5. The molecule has 0 N–H and O–H groups in total. The van der Waals surface area contributed by atoms with Crippen molar-refractivity contribution in [2.24, 2.45) is 0 Å². The molecule has 2 aliphatic rings. The third-order valence-corrected chi connectivity index (χ3v) is 17.0. The second kappa shape index (κ2) is 18.9. The van der Waals surface area contributed by atoms with Crippen LogP contribution in [0.3, 0.4) is 0 Å². The molecule has 370 valence electrons. The third-order valence-electron chi connectivity index (χ3n) is 17.0. The van der Waals surface area contributed by atoms with Gasteiger partial charge < -0.3 is 4.90 Å². The molecule has 1 atom stereocenters. The minimum atomic E-state index is -0.268. The second-order valence-corrected chi connectivity index (χ2v) is 21.7. The molecule has 1 nitrogen and oxygen atoms in total. The highest BCUT2D eigenvalue weighted by atomic mass is 15.1. The van der Waals surface area contributed by atoms with Gasteiger partial charge >= 0.3 is 0 Å². The molecule has 0 radical (unpaired) electrons. The van der Waals surface area contributed by atoms with Crippen LogP contribution in [0.4, 0.5) is 17.1 Å². The van der Waals surface area contributed by atoms with Crippen LogP contribution >= 0.6 is 0 Å². The molecule has 1 heteroatoms. The van der Waals surface area contributed by atoms with Crippen molar-refractivity contribution in [3.8, 4) is 89.0 Å². The maximum atomic E-state index is 2.43. The molecule has 0 fully saturated rings. The number of benzene rings is 12. The van der Waals surface area contributed by atoms with Crippen LogP contribution in [0.15, 0.2) is 291 Å². The fraction of sp³-hybridized carbons (Fsp3) is 0.0649. The first-order valence-electron chi connectivity index (χ1n) is 27.3. The molecule has 1 unspecified atom stereocenters. The van der Waals surface area contributed by atoms with E-state index in [9.17, 15) is 0 Å². The molecule has 14 rings (SSSR count). The van der Waals surface area contributed by atoms with Crippen LogP contribution in [0, 0.1) is 0 Å². The summed E-state index contributed by atoms with van der Waals surface area (Å²) >= 11 is 0. The highest BCUT2D eigenvalue weighted by Crippen LogP contribution is 2.55. The Morgan fingerprint density at radius 3 is 1.19 bits per heavy atom. The molecule has 2 aliphatic carbocycles. The van der Waals surface area contributed by atoms with Gasteiger partial charge in [0.2, 0.25) is 0 Å². The van der Waals surface area contributed by atoms with Crippen molar-refractivity contribution in [3.63, 3.8) is 0 Å². The number of anilines is 3. The molecule has 0 saturated carbocycles. The minimum Gasteiger partial charge on any atom is -0.311 e. The Kier molecular flexibility index (Phi) is 11.4. The largest absolute Gasteiger partial charge is 0.311 e. The number of nitrogens with zero attached hydrogens (tertiary/aromatic N) is 1. The van der Waals surface area contributed by atoms with Crippen molar-refractivity contribution in [2.75, 3.05) is 4.90 Å². The van der Waals surface area contributed by atoms with Gasteiger partial charge in [0.05, 0.1) is 0 Å². The van der Waals surface area contributed by atoms with E-state index in [4.69, 9.17) is 0 Å². The summed E-state index contributed by atoms with van der Waals surface area (Å²) in [5.74, 6) is 0. The van der Waals surface area contributed by atoms with Crippen LogP contribution in [-0.4, -0.2) is 0 Å². The van der Waals surface area contributed by atoms with Crippen LogP contribution < -0.4 is 4.90 Å². The van der Waals surface area contributed by atoms with E-state index in [1.54, 1.807) is 0 Å². The standard InChI is InChI=1S/C77H57N/c1-76(2)72-32-17-15-29-67(72)70-31-19-30-69(75(70)76)65-27-14-13-26-63(65)56-38-46-62(47-39-56)78(60-42-34-52(35-43-60)57-40-48-64(54-20-7-4-8-21-54)71(50-57)55-22-9-5-10-23-55)61-44-36-53(37-45-61)58-41-49-68-66-28-16-18-33-73(66)77(3,74(68)51-58)59-24-11-6-12-25-59/h4-51H,1-3H3. The zero-order valence-corrected chi connectivity index (χ0v) is 44.2. The average molecular weight is 996 g/mol. The highest BCUT2D eigenvalue weighted by molar-refractivity contribution is 5.94. The topological polar surface area (TPSA) is 3.24 Å². The Balaban J connectivity index is 0.849. The Labute approximate surface area is 459 Å². The normalized spacial score (nSPS) is 14.5. The monoisotopic (exact) mass is 995 g/mol. The zero-order chi connectivity index (χ0) is 52.4. The average Bonchev–Trinajstić information content (AvgIpc) is 4.15. The fourth-order valence-corrected chi connectivity index (χ4v) is 13.1. The fourth-order valence-electron chi connectivity index (χ4n) is 13.1. The van der Waals surface area contributed by atoms with Crippen molar-refractivity contribution >= 4 is 17.1 Å². The predicted molar refractivity (Wildman–Crippen MR) is 329 cm³/mol. The zero-order valence-electron chi connectivity index (χ0n) is 44.2. The van der Waals surface area contributed by atoms with E-state index >= 15 is 0 Å². The van der Waals surface area contributed by atoms with Crippen LogP contribution in [-0.2, 0) is 10.8 Å². The van der Waals surface area contributed by atoms with Gasteiger partial charge in [-0.15, -0.1) is 0 Å². The molecule has 0 amide bonds. The maximum absolute atomic E-state index is 2.43. The second-order valence-electron chi connectivity index (χ2n) is 21.7. The van der Waals surface area contributed by atoms with Gasteiger partial charge in [-0.1, -0.05) is 257 Å². The Morgan fingerprint density at radius 2 is 0.603 bits per heavy atom. The van der Waals surface area contributed by atoms with Crippen molar-refractivity contribution in [3.05, 3.63) is 319 Å². The molecule has 12 aromatic rings. The molecule has 0 bridgehead atoms. The van der Waals surface area contributed by atoms with Gasteiger partial charge in [0.15, 0.2) is 0 Å². The molecule has 0 aromatic heterocycles. The Hall–Kier alpha value is -9.56. The summed E-state index contributed by atoms with van der Waals surface area (Å²) in [5, 5.41) is 0. The molecular weight excluding hydrogens is 939 g/mol. The van der Waals surface area contributed by atoms with E-state index in [1.807, 2.05) is 0 Å². The van der Waals surface area contributed by atoms with Gasteiger partial charge in [-0.25, -0.2) is 0 Å². The van der Waals surface area contributed by atoms with Crippen LogP contribution in [0.25, 0.3) is 89.0 Å². The summed E-state index contributed by atoms with van der Waals surface area (Å²) < 4.78 is 0. The van der Waals surface area contributed by atoms with Crippen molar-refractivity contribution in [1.29, 1.82) is 0 Å². The highest BCUT2D eigenvalue weighted by Gasteiger charge is 2.41. The summed E-state index contributed by atoms with van der Waals surface area (Å²) in [4.78, 5) is 2.40. The number of fused-ring (bicyclic) bond motifs is 6. The molecule has 78 heavy (non-hydrogen) atoms. The van der Waals surface area contributed by atoms with Gasteiger partial charge in [0, 0.05) is 27.9 Å². The van der Waals surface area contributed by atoms with E-state index in [-0.39, 0.29) is 10.8 Å². The third kappa shape index (κ3) is 7.76. The molecule has 0 heterocycles. The van der Waals surface area contributed by atoms with E-state index < -0.39 is 0 Å². The minimum absolute atomic E-state index is 0.129. The van der Waals surface area contributed by atoms with E-state index in [0.29, 0.717) is 0 Å². The molecule has 0 spiro atoms. The van der Waals surface area contributed by atoms with E-state index in [0.717, 1.165) is 22.6 Å². The van der Waals surface area contributed by atoms with Crippen molar-refractivity contribution < 1.29 is 0 Å². The van der Waals surface area contributed by atoms with Gasteiger partial charge in [-0.3, -0.25) is 0 Å². The van der Waals surface area contributed by atoms with Gasteiger partial charge in [-0.05, 0) is 172 Å². The molecular formula is C77H57N. The van der Waals surface area contributed by atoms with Crippen LogP contribution in [0.2, 0.25) is 0 Å². The number of rotatable bonds is 10. The Morgan fingerprint density at radius 1 is 0.231 bits per heavy atom. The molecule has 0 aliphatic heterocycles. The molecule has 12 aromatic carbocycles. The van der Waals surface area contributed by atoms with Gasteiger partial charge in [0.25, 0.3) is 0 Å². The van der Waals surface area contributed by atoms with Gasteiger partial charge in [0.1, 0.15) is 0 Å². The summed E-state index contributed by atoms with van der Waals surface area (Å²) in [6.45, 7) is 7.15. The number of hydrogen-bond acceptors (Lipinski definition) is 1. The lowest BCUT2D eigenvalue weighted by Crippen LogP contribution is -2.22. The summed E-state index contributed by atoms with van der Waals surface area (Å²) in [7, 11) is 0. The quantitative estimate of drug-likeness (QED) is 0.132. The molecule has 0 saturated heterocycles. The predicted octanol–water partition coefficient (Wildman–Crippen LogP) is 20.8. The van der Waals surface area contributed by atoms with E-state index in [2.05, 4.69) is 317 Å². The lowest BCUT2D eigenvalue weighted by Gasteiger charge is -2.28. The first-order valence-corrected chi connectivity index (χ1v) is 27.3. The van der Waals surface area contributed by atoms with E-state index in [1.165, 1.54) is 111 Å². The van der Waals surface area contributed by atoms with Crippen molar-refractivity contribution in [2.45, 2.75) is 31.6 Å². The smallest absolute Gasteiger partial charge is 0.0462 e. The van der Waals surface area contributed by atoms with Gasteiger partial charge in [-0.2, -0.15) is 0 Å². The van der Waals surface area contributed by atoms with Crippen LogP contribution in [0.1, 0.15) is 48.6 Å². The summed E-state index contributed by atoms with van der Waals surface area (Å²) in [6.07, 6.45) is 0. The SMILES string of the molecule is CC1(C)c2ccccc2-c2cccc(-c3ccccc3-c3ccc(N(c4ccc(-c5ccc(-c6ccccc6)c(-c6ccccc6)c5)cc4)c4ccc(-c5ccc6c(c5)C(C)(c5ccccc5)c5ccccc5-6)cc4)cc3)c21. The Bertz CT molecular complexity index is 4190. The summed E-state index contributed by atoms with van der Waals surface area (Å²) in [6, 6.07) is 108. The first kappa shape index (κ1) is 46.9. The number of hydrogen-bond donors (Lipinski definition) is 0. The first-order chi connectivity index (χ1) is 38.3. The maximum Gasteiger partial charge on any atom is 0.0462 e. The lowest BCUT2D eigenvalue weighted by molar-refractivity contribution is 0.662.